The molecule has 0 atom stereocenters. The quantitative estimate of drug-likeness (QED) is 0.725. The lowest BCUT2D eigenvalue weighted by Gasteiger charge is -2.19. The summed E-state index contributed by atoms with van der Waals surface area (Å²) in [5.74, 6) is -0.0953. The van der Waals surface area contributed by atoms with Crippen LogP contribution in [0.15, 0.2) is 24.3 Å². The third kappa shape index (κ3) is 2.93. The van der Waals surface area contributed by atoms with E-state index in [4.69, 9.17) is 0 Å². The van der Waals surface area contributed by atoms with Crippen molar-refractivity contribution >= 4 is 11.7 Å². The minimum absolute atomic E-state index is 0.0368. The van der Waals surface area contributed by atoms with Crippen molar-refractivity contribution in [2.45, 2.75) is 26.2 Å². The predicted molar refractivity (Wildman–Crippen MR) is 65.7 cm³/mol. The maximum Gasteiger partial charge on any atom is 0.230 e. The second-order valence-corrected chi connectivity index (χ2v) is 4.53. The van der Waals surface area contributed by atoms with E-state index in [0.717, 1.165) is 25.9 Å². The Morgan fingerprint density at radius 2 is 1.65 bits per heavy atom. The molecule has 1 aliphatic rings. The Labute approximate surface area is 101 Å². The van der Waals surface area contributed by atoms with Gasteiger partial charge < -0.3 is 4.90 Å². The maximum absolute atomic E-state index is 11.8. The van der Waals surface area contributed by atoms with Gasteiger partial charge in [0.1, 0.15) is 5.78 Å². The van der Waals surface area contributed by atoms with Gasteiger partial charge in [-0.1, -0.05) is 24.3 Å². The van der Waals surface area contributed by atoms with Gasteiger partial charge in [0.2, 0.25) is 5.91 Å². The zero-order valence-electron chi connectivity index (χ0n) is 10.1. The van der Waals surface area contributed by atoms with Gasteiger partial charge >= 0.3 is 0 Å². The maximum atomic E-state index is 11.8. The number of ketones is 1. The predicted octanol–water partition coefficient (Wildman–Crippen LogP) is 1.59. The van der Waals surface area contributed by atoms with Crippen molar-refractivity contribution in [3.05, 3.63) is 35.4 Å². The summed E-state index contributed by atoms with van der Waals surface area (Å²) < 4.78 is 0. The molecule has 0 N–H and O–H groups in total. The fourth-order valence-electron chi connectivity index (χ4n) is 2.24. The number of carbonyl (C=O) groups is 2. The smallest absolute Gasteiger partial charge is 0.230 e. The second-order valence-electron chi connectivity index (χ2n) is 4.53. The fraction of sp³-hybridized carbons (Fsp3) is 0.429. The molecule has 1 heterocycles. The molecule has 0 radical (unpaired) electrons. The number of nitrogens with zero attached hydrogens (tertiary/aromatic N) is 1. The molecular formula is C14H17NO2. The van der Waals surface area contributed by atoms with Crippen molar-refractivity contribution in [3.8, 4) is 0 Å². The number of hydrogen-bond donors (Lipinski definition) is 0. The van der Waals surface area contributed by atoms with Crippen LogP contribution in [0.4, 0.5) is 0 Å². The molecule has 1 aromatic rings. The standard InChI is InChI=1S/C14H17NO2/c1-11(16)10-14(17)15-8-6-12-4-2-3-5-13(12)7-9-15/h2-5H,6-10H2,1H3. The molecule has 0 unspecified atom stereocenters. The molecule has 0 saturated carbocycles. The van der Waals surface area contributed by atoms with Crippen LogP contribution in [0.1, 0.15) is 24.5 Å². The Morgan fingerprint density at radius 3 is 2.12 bits per heavy atom. The summed E-state index contributed by atoms with van der Waals surface area (Å²) in [7, 11) is 0. The van der Waals surface area contributed by atoms with Crippen molar-refractivity contribution in [1.29, 1.82) is 0 Å². The van der Waals surface area contributed by atoms with Crippen LogP contribution in [0.5, 0.6) is 0 Å². The third-order valence-corrected chi connectivity index (χ3v) is 3.17. The molecule has 0 fully saturated rings. The number of benzene rings is 1. The third-order valence-electron chi connectivity index (χ3n) is 3.17. The highest BCUT2D eigenvalue weighted by Crippen LogP contribution is 2.15. The molecule has 1 aliphatic heterocycles. The number of rotatable bonds is 2. The minimum Gasteiger partial charge on any atom is -0.342 e. The van der Waals surface area contributed by atoms with Crippen molar-refractivity contribution in [1.82, 2.24) is 4.90 Å². The summed E-state index contributed by atoms with van der Waals surface area (Å²) in [4.78, 5) is 24.6. The molecule has 0 aliphatic carbocycles. The number of amides is 1. The molecule has 3 nitrogen and oxygen atoms in total. The number of hydrogen-bond acceptors (Lipinski definition) is 2. The Bertz CT molecular complexity index is 413. The largest absolute Gasteiger partial charge is 0.342 e. The van der Waals surface area contributed by atoms with Crippen molar-refractivity contribution in [2.75, 3.05) is 13.1 Å². The van der Waals surface area contributed by atoms with Gasteiger partial charge in [-0.2, -0.15) is 0 Å². The van der Waals surface area contributed by atoms with Gasteiger partial charge in [-0.15, -0.1) is 0 Å². The highest BCUT2D eigenvalue weighted by atomic mass is 16.2. The van der Waals surface area contributed by atoms with Crippen LogP contribution < -0.4 is 0 Å². The Hall–Kier alpha value is -1.64. The van der Waals surface area contributed by atoms with E-state index in [1.54, 1.807) is 4.90 Å². The van der Waals surface area contributed by atoms with Gasteiger partial charge in [0.15, 0.2) is 0 Å². The first-order chi connectivity index (χ1) is 8.16. The van der Waals surface area contributed by atoms with E-state index >= 15 is 0 Å². The van der Waals surface area contributed by atoms with Crippen molar-refractivity contribution < 1.29 is 9.59 Å². The Balaban J connectivity index is 2.04. The number of Topliss-reactive ketones (excluding diaryl/α,β-unsaturated/α-hetero) is 1. The monoisotopic (exact) mass is 231 g/mol. The number of fused-ring (bicyclic) bond motifs is 1. The molecule has 0 bridgehead atoms. The molecule has 1 aromatic carbocycles. The molecule has 1 amide bonds. The molecule has 0 spiro atoms. The molecule has 90 valence electrons. The summed E-state index contributed by atoms with van der Waals surface area (Å²) in [5, 5.41) is 0. The summed E-state index contributed by atoms with van der Waals surface area (Å²) >= 11 is 0. The Morgan fingerprint density at radius 1 is 1.12 bits per heavy atom. The van der Waals surface area contributed by atoms with Gasteiger partial charge in [0.05, 0.1) is 6.42 Å². The van der Waals surface area contributed by atoms with Crippen LogP contribution in [0.2, 0.25) is 0 Å². The van der Waals surface area contributed by atoms with Gasteiger partial charge in [-0.05, 0) is 30.9 Å². The van der Waals surface area contributed by atoms with E-state index in [9.17, 15) is 9.59 Å². The lowest BCUT2D eigenvalue weighted by Crippen LogP contribution is -2.34. The first-order valence-electron chi connectivity index (χ1n) is 6.01. The van der Waals surface area contributed by atoms with Gasteiger partial charge in [-0.3, -0.25) is 9.59 Å². The second kappa shape index (κ2) is 5.13. The van der Waals surface area contributed by atoms with Gasteiger partial charge in [0.25, 0.3) is 0 Å². The lowest BCUT2D eigenvalue weighted by atomic mass is 10.0. The average Bonchev–Trinajstić information content (AvgIpc) is 2.50. The average molecular weight is 231 g/mol. The Kier molecular flexibility index (Phi) is 3.57. The zero-order chi connectivity index (χ0) is 12.3. The summed E-state index contributed by atoms with van der Waals surface area (Å²) in [5.41, 5.74) is 2.65. The van der Waals surface area contributed by atoms with E-state index in [-0.39, 0.29) is 18.1 Å². The normalized spacial score (nSPS) is 15.0. The molecular weight excluding hydrogens is 214 g/mol. The summed E-state index contributed by atoms with van der Waals surface area (Å²) in [6.07, 6.45) is 1.82. The topological polar surface area (TPSA) is 37.4 Å². The van der Waals surface area contributed by atoms with E-state index in [1.165, 1.54) is 18.1 Å². The molecule has 3 heteroatoms. The van der Waals surface area contributed by atoms with E-state index < -0.39 is 0 Å². The zero-order valence-corrected chi connectivity index (χ0v) is 10.1. The fourth-order valence-corrected chi connectivity index (χ4v) is 2.24. The summed E-state index contributed by atoms with van der Waals surface area (Å²) in [6.45, 7) is 2.91. The first kappa shape index (κ1) is 11.8. The van der Waals surface area contributed by atoms with Crippen LogP contribution in [0, 0.1) is 0 Å². The van der Waals surface area contributed by atoms with Crippen LogP contribution in [-0.4, -0.2) is 29.7 Å². The SMILES string of the molecule is CC(=O)CC(=O)N1CCc2ccccc2CC1. The minimum atomic E-state index is -0.0586. The lowest BCUT2D eigenvalue weighted by molar-refractivity contribution is -0.134. The van der Waals surface area contributed by atoms with Crippen molar-refractivity contribution in [3.63, 3.8) is 0 Å². The highest BCUT2D eigenvalue weighted by molar-refractivity contribution is 5.96. The molecule has 17 heavy (non-hydrogen) atoms. The first-order valence-corrected chi connectivity index (χ1v) is 6.01. The van der Waals surface area contributed by atoms with Gasteiger partial charge in [-0.25, -0.2) is 0 Å². The number of carbonyl (C=O) groups excluding carboxylic acids is 2. The van der Waals surface area contributed by atoms with Crippen LogP contribution in [-0.2, 0) is 22.4 Å². The van der Waals surface area contributed by atoms with Crippen LogP contribution in [0.25, 0.3) is 0 Å². The van der Waals surface area contributed by atoms with E-state index in [2.05, 4.69) is 12.1 Å². The highest BCUT2D eigenvalue weighted by Gasteiger charge is 2.18. The van der Waals surface area contributed by atoms with Crippen LogP contribution in [0.3, 0.4) is 0 Å². The van der Waals surface area contributed by atoms with Crippen molar-refractivity contribution in [2.24, 2.45) is 0 Å². The molecule has 2 rings (SSSR count). The molecule has 0 saturated heterocycles. The van der Waals surface area contributed by atoms with Crippen LogP contribution >= 0.6 is 0 Å². The summed E-state index contributed by atoms with van der Waals surface area (Å²) in [6, 6.07) is 8.31. The van der Waals surface area contributed by atoms with E-state index in [1.807, 2.05) is 12.1 Å². The van der Waals surface area contributed by atoms with E-state index in [0.29, 0.717) is 0 Å². The van der Waals surface area contributed by atoms with Gasteiger partial charge in [0, 0.05) is 13.1 Å². The molecule has 0 aromatic heterocycles.